The summed E-state index contributed by atoms with van der Waals surface area (Å²) < 4.78 is 4.79. The molecule has 0 aromatic rings. The van der Waals surface area contributed by atoms with Gasteiger partial charge in [-0.3, -0.25) is 4.79 Å². The molecule has 0 bridgehead atoms. The second-order valence-corrected chi connectivity index (χ2v) is 2.89. The Hall–Kier alpha value is -0.860. The highest BCUT2D eigenvalue weighted by molar-refractivity contribution is 5.77. The van der Waals surface area contributed by atoms with Gasteiger partial charge in [0.05, 0.1) is 12.5 Å². The van der Waals surface area contributed by atoms with Crippen LogP contribution in [0.3, 0.4) is 0 Å². The van der Waals surface area contributed by atoms with Crippen molar-refractivity contribution in [2.45, 2.75) is 33.6 Å². The van der Waals surface area contributed by atoms with Gasteiger partial charge in [0.1, 0.15) is 5.78 Å². The lowest BCUT2D eigenvalue weighted by atomic mass is 10.0. The van der Waals surface area contributed by atoms with Gasteiger partial charge in [0, 0.05) is 6.42 Å². The van der Waals surface area contributed by atoms with Gasteiger partial charge in [0.2, 0.25) is 0 Å². The molecule has 0 aromatic heterocycles. The molecule has 0 heterocycles. The summed E-state index contributed by atoms with van der Waals surface area (Å²) in [6, 6.07) is 0. The first-order valence-corrected chi connectivity index (χ1v) is 4.24. The highest BCUT2D eigenvalue weighted by Gasteiger charge is 2.13. The predicted octanol–water partition coefficient (Wildman–Crippen LogP) is 1.55. The first kappa shape index (κ1) is 11.1. The van der Waals surface area contributed by atoms with E-state index in [2.05, 4.69) is 0 Å². The molecule has 0 spiro atoms. The minimum Gasteiger partial charge on any atom is -0.466 e. The van der Waals surface area contributed by atoms with Crippen LogP contribution in [-0.2, 0) is 14.3 Å². The zero-order valence-corrected chi connectivity index (χ0v) is 7.92. The highest BCUT2D eigenvalue weighted by atomic mass is 16.5. The van der Waals surface area contributed by atoms with E-state index in [1.54, 1.807) is 13.8 Å². The lowest BCUT2D eigenvalue weighted by Gasteiger charge is -2.08. The van der Waals surface area contributed by atoms with Crippen LogP contribution in [0.25, 0.3) is 0 Å². The van der Waals surface area contributed by atoms with Gasteiger partial charge < -0.3 is 9.53 Å². The number of carbonyl (C=O) groups excluding carboxylic acids is 2. The summed E-state index contributed by atoms with van der Waals surface area (Å²) in [5.41, 5.74) is 0. The first-order valence-electron chi connectivity index (χ1n) is 4.24. The lowest BCUT2D eigenvalue weighted by Crippen LogP contribution is -2.15. The summed E-state index contributed by atoms with van der Waals surface area (Å²) in [6.45, 7) is 5.48. The predicted molar refractivity (Wildman–Crippen MR) is 45.7 cm³/mol. The summed E-state index contributed by atoms with van der Waals surface area (Å²) in [4.78, 5) is 21.6. The van der Waals surface area contributed by atoms with Crippen molar-refractivity contribution < 1.29 is 14.3 Å². The second-order valence-electron chi connectivity index (χ2n) is 2.89. The normalized spacial score (nSPS) is 12.2. The number of Topliss-reactive ketones (excluding diaryl/α,β-unsaturated/α-hetero) is 1. The Kier molecular flexibility index (Phi) is 5.34. The number of rotatable bonds is 5. The smallest absolute Gasteiger partial charge is 0.308 e. The Morgan fingerprint density at radius 3 is 2.42 bits per heavy atom. The standard InChI is InChI=1S/C9H16O3/c1-4-12-9(11)7(2)5-6-8(3)10/h7H,4-6H2,1-3H3/t7-/m1/s1. The summed E-state index contributed by atoms with van der Waals surface area (Å²) in [6.07, 6.45) is 1.05. The lowest BCUT2D eigenvalue weighted by molar-refractivity contribution is -0.147. The zero-order chi connectivity index (χ0) is 9.56. The minimum absolute atomic E-state index is 0.117. The number of carbonyl (C=O) groups is 2. The Bertz CT molecular complexity index is 163. The quantitative estimate of drug-likeness (QED) is 0.591. The molecule has 0 aliphatic heterocycles. The van der Waals surface area contributed by atoms with E-state index in [-0.39, 0.29) is 17.7 Å². The van der Waals surface area contributed by atoms with Crippen molar-refractivity contribution in [1.29, 1.82) is 0 Å². The molecule has 0 amide bonds. The van der Waals surface area contributed by atoms with Crippen LogP contribution in [0.1, 0.15) is 33.6 Å². The average Bonchev–Trinajstić information content (AvgIpc) is 2.00. The molecule has 0 N–H and O–H groups in total. The van der Waals surface area contributed by atoms with E-state index in [1.165, 1.54) is 6.92 Å². The molecule has 3 nitrogen and oxygen atoms in total. The van der Waals surface area contributed by atoms with Gasteiger partial charge in [-0.15, -0.1) is 0 Å². The largest absolute Gasteiger partial charge is 0.466 e. The molecule has 0 aliphatic rings. The molecular weight excluding hydrogens is 156 g/mol. The maximum Gasteiger partial charge on any atom is 0.308 e. The topological polar surface area (TPSA) is 43.4 Å². The van der Waals surface area contributed by atoms with E-state index in [4.69, 9.17) is 4.74 Å². The van der Waals surface area contributed by atoms with Crippen molar-refractivity contribution in [3.63, 3.8) is 0 Å². The van der Waals surface area contributed by atoms with Gasteiger partial charge in [0.25, 0.3) is 0 Å². The maximum atomic E-state index is 11.0. The van der Waals surface area contributed by atoms with Crippen molar-refractivity contribution in [1.82, 2.24) is 0 Å². The molecule has 0 unspecified atom stereocenters. The van der Waals surface area contributed by atoms with Gasteiger partial charge in [-0.2, -0.15) is 0 Å². The number of ether oxygens (including phenoxy) is 1. The van der Waals surface area contributed by atoms with Crippen LogP contribution in [0.5, 0.6) is 0 Å². The van der Waals surface area contributed by atoms with E-state index in [9.17, 15) is 9.59 Å². The van der Waals surface area contributed by atoms with Crippen LogP contribution in [0.15, 0.2) is 0 Å². The monoisotopic (exact) mass is 172 g/mol. The fourth-order valence-electron chi connectivity index (χ4n) is 0.822. The number of hydrogen-bond acceptors (Lipinski definition) is 3. The van der Waals surface area contributed by atoms with E-state index in [0.717, 1.165) is 0 Å². The molecule has 3 heteroatoms. The van der Waals surface area contributed by atoms with Gasteiger partial charge >= 0.3 is 5.97 Å². The van der Waals surface area contributed by atoms with Gasteiger partial charge in [0.15, 0.2) is 0 Å². The molecule has 70 valence electrons. The van der Waals surface area contributed by atoms with Crippen LogP contribution in [-0.4, -0.2) is 18.4 Å². The van der Waals surface area contributed by atoms with Crippen molar-refractivity contribution in [2.24, 2.45) is 5.92 Å². The summed E-state index contributed by atoms with van der Waals surface area (Å²) in [5, 5.41) is 0. The summed E-state index contributed by atoms with van der Waals surface area (Å²) in [5.74, 6) is -0.251. The molecule has 0 saturated carbocycles. The van der Waals surface area contributed by atoms with Crippen LogP contribution in [0.4, 0.5) is 0 Å². The van der Waals surface area contributed by atoms with Crippen molar-refractivity contribution >= 4 is 11.8 Å². The molecule has 0 aromatic carbocycles. The SMILES string of the molecule is CCOC(=O)[C@H](C)CCC(C)=O. The Morgan fingerprint density at radius 2 is 2.00 bits per heavy atom. The van der Waals surface area contributed by atoms with Crippen LogP contribution < -0.4 is 0 Å². The second kappa shape index (κ2) is 5.75. The third-order valence-corrected chi connectivity index (χ3v) is 1.62. The highest BCUT2D eigenvalue weighted by Crippen LogP contribution is 2.07. The summed E-state index contributed by atoms with van der Waals surface area (Å²) >= 11 is 0. The molecule has 0 radical (unpaired) electrons. The Balaban J connectivity index is 3.63. The minimum atomic E-state index is -0.209. The third kappa shape index (κ3) is 4.88. The van der Waals surface area contributed by atoms with Crippen molar-refractivity contribution in [3.05, 3.63) is 0 Å². The molecule has 1 atom stereocenters. The Morgan fingerprint density at radius 1 is 1.42 bits per heavy atom. The molecule has 0 fully saturated rings. The van der Waals surface area contributed by atoms with E-state index in [0.29, 0.717) is 19.4 Å². The van der Waals surface area contributed by atoms with Gasteiger partial charge in [-0.25, -0.2) is 0 Å². The van der Waals surface area contributed by atoms with Crippen LogP contribution >= 0.6 is 0 Å². The van der Waals surface area contributed by atoms with Crippen LogP contribution in [0, 0.1) is 5.92 Å². The molecule has 12 heavy (non-hydrogen) atoms. The Labute approximate surface area is 73.1 Å². The average molecular weight is 172 g/mol. The fourth-order valence-corrected chi connectivity index (χ4v) is 0.822. The fraction of sp³-hybridized carbons (Fsp3) is 0.778. The zero-order valence-electron chi connectivity index (χ0n) is 7.92. The van der Waals surface area contributed by atoms with Crippen molar-refractivity contribution in [3.8, 4) is 0 Å². The molecule has 0 saturated heterocycles. The van der Waals surface area contributed by atoms with Crippen LogP contribution in [0.2, 0.25) is 0 Å². The van der Waals surface area contributed by atoms with E-state index < -0.39 is 0 Å². The summed E-state index contributed by atoms with van der Waals surface area (Å²) in [7, 11) is 0. The van der Waals surface area contributed by atoms with Gasteiger partial charge in [-0.05, 0) is 20.3 Å². The van der Waals surface area contributed by atoms with Gasteiger partial charge in [-0.1, -0.05) is 6.92 Å². The molecule has 0 aliphatic carbocycles. The number of hydrogen-bond donors (Lipinski definition) is 0. The molecular formula is C9H16O3. The number of ketones is 1. The molecule has 0 rings (SSSR count). The van der Waals surface area contributed by atoms with E-state index >= 15 is 0 Å². The van der Waals surface area contributed by atoms with Crippen molar-refractivity contribution in [2.75, 3.05) is 6.61 Å². The maximum absolute atomic E-state index is 11.0. The van der Waals surface area contributed by atoms with E-state index in [1.807, 2.05) is 0 Å². The third-order valence-electron chi connectivity index (χ3n) is 1.62. The number of esters is 1. The first-order chi connectivity index (χ1) is 5.57.